The number of likely N-dealkylation sites (tertiary alicyclic amines) is 1. The zero-order valence-corrected chi connectivity index (χ0v) is 14.2. The summed E-state index contributed by atoms with van der Waals surface area (Å²) in [5.41, 5.74) is 1.15. The lowest BCUT2D eigenvalue weighted by Gasteiger charge is -2.33. The summed E-state index contributed by atoms with van der Waals surface area (Å²) < 4.78 is 5.15. The van der Waals surface area contributed by atoms with Crippen LogP contribution in [0.25, 0.3) is 11.3 Å². The van der Waals surface area contributed by atoms with Crippen LogP contribution in [0.2, 0.25) is 0 Å². The fraction of sp³-hybridized carbons (Fsp3) is 0.444. The molecule has 1 aromatic heterocycles. The standard InChI is InChI=1S/C18H23N3O3/c1-18(2,23)16-5-4-10-21(16)17(22)15-11-14(19-20-15)12-6-8-13(24-3)9-7-12/h6-9,11,16,23H,4-5,10H2,1-3H3,(H,19,20). The Bertz CT molecular complexity index is 716. The number of rotatable bonds is 4. The molecule has 1 amide bonds. The minimum absolute atomic E-state index is 0.119. The number of hydrogen-bond acceptors (Lipinski definition) is 4. The Kier molecular flexibility index (Phi) is 4.32. The zero-order chi connectivity index (χ0) is 17.3. The summed E-state index contributed by atoms with van der Waals surface area (Å²) in [5.74, 6) is 0.655. The number of H-pyrrole nitrogens is 1. The Morgan fingerprint density at radius 1 is 1.38 bits per heavy atom. The van der Waals surface area contributed by atoms with Crippen molar-refractivity contribution in [2.75, 3.05) is 13.7 Å². The third-order valence-electron chi connectivity index (χ3n) is 4.52. The molecule has 1 fully saturated rings. The lowest BCUT2D eigenvalue weighted by atomic mass is 9.96. The predicted octanol–water partition coefficient (Wildman–Crippen LogP) is 2.46. The van der Waals surface area contributed by atoms with E-state index in [0.717, 1.165) is 24.2 Å². The number of aliphatic hydroxyl groups is 1. The van der Waals surface area contributed by atoms with Gasteiger partial charge in [0.2, 0.25) is 0 Å². The third-order valence-corrected chi connectivity index (χ3v) is 4.52. The quantitative estimate of drug-likeness (QED) is 0.903. The topological polar surface area (TPSA) is 78.5 Å². The average molecular weight is 329 g/mol. The fourth-order valence-electron chi connectivity index (χ4n) is 3.24. The second-order valence-electron chi connectivity index (χ2n) is 6.71. The van der Waals surface area contributed by atoms with Crippen LogP contribution in [0.1, 0.15) is 37.2 Å². The van der Waals surface area contributed by atoms with Crippen LogP contribution in [0.15, 0.2) is 30.3 Å². The Morgan fingerprint density at radius 2 is 2.08 bits per heavy atom. The monoisotopic (exact) mass is 329 g/mol. The summed E-state index contributed by atoms with van der Waals surface area (Å²) in [6, 6.07) is 9.10. The van der Waals surface area contributed by atoms with E-state index < -0.39 is 5.60 Å². The highest BCUT2D eigenvalue weighted by Crippen LogP contribution is 2.29. The van der Waals surface area contributed by atoms with Crippen molar-refractivity contribution in [2.45, 2.75) is 38.3 Å². The van der Waals surface area contributed by atoms with Crippen LogP contribution in [0.4, 0.5) is 0 Å². The van der Waals surface area contributed by atoms with Crippen LogP contribution < -0.4 is 4.74 Å². The van der Waals surface area contributed by atoms with E-state index in [1.165, 1.54) is 0 Å². The van der Waals surface area contributed by atoms with Crippen LogP contribution >= 0.6 is 0 Å². The average Bonchev–Trinajstić information content (AvgIpc) is 3.23. The van der Waals surface area contributed by atoms with Gasteiger partial charge in [-0.1, -0.05) is 0 Å². The van der Waals surface area contributed by atoms with E-state index in [-0.39, 0.29) is 11.9 Å². The summed E-state index contributed by atoms with van der Waals surface area (Å²) in [6.07, 6.45) is 1.72. The molecule has 2 N–H and O–H groups in total. The maximum atomic E-state index is 12.8. The molecule has 6 heteroatoms. The van der Waals surface area contributed by atoms with Crippen molar-refractivity contribution < 1.29 is 14.6 Å². The van der Waals surface area contributed by atoms with E-state index in [4.69, 9.17) is 4.74 Å². The van der Waals surface area contributed by atoms with Gasteiger partial charge in [0.05, 0.1) is 24.4 Å². The Labute approximate surface area is 141 Å². The molecule has 1 aromatic carbocycles. The van der Waals surface area contributed by atoms with Crippen molar-refractivity contribution in [3.8, 4) is 17.0 Å². The molecule has 2 aromatic rings. The minimum Gasteiger partial charge on any atom is -0.497 e. The van der Waals surface area contributed by atoms with E-state index in [1.807, 2.05) is 24.3 Å². The van der Waals surface area contributed by atoms with Crippen LogP contribution in [-0.4, -0.2) is 51.4 Å². The molecular weight excluding hydrogens is 306 g/mol. The molecule has 1 aliphatic heterocycles. The number of amides is 1. The molecule has 1 atom stereocenters. The van der Waals surface area contributed by atoms with Gasteiger partial charge in [0.15, 0.2) is 0 Å². The first-order valence-electron chi connectivity index (χ1n) is 8.13. The number of carbonyl (C=O) groups excluding carboxylic acids is 1. The van der Waals surface area contributed by atoms with Crippen LogP contribution in [0.5, 0.6) is 5.75 Å². The Hall–Kier alpha value is -2.34. The van der Waals surface area contributed by atoms with Crippen molar-refractivity contribution in [1.82, 2.24) is 15.1 Å². The predicted molar refractivity (Wildman–Crippen MR) is 90.9 cm³/mol. The molecule has 0 radical (unpaired) electrons. The highest BCUT2D eigenvalue weighted by atomic mass is 16.5. The molecule has 1 saturated heterocycles. The second kappa shape index (κ2) is 6.28. The summed E-state index contributed by atoms with van der Waals surface area (Å²) in [5, 5.41) is 17.4. The molecular formula is C18H23N3O3. The SMILES string of the molecule is COc1ccc(-c2cc(C(=O)N3CCCC3C(C)(C)O)[nH]n2)cc1. The zero-order valence-electron chi connectivity index (χ0n) is 14.2. The number of hydrogen-bond donors (Lipinski definition) is 2. The molecule has 0 spiro atoms. The summed E-state index contributed by atoms with van der Waals surface area (Å²) in [4.78, 5) is 14.5. The minimum atomic E-state index is -0.912. The number of nitrogens with zero attached hydrogens (tertiary/aromatic N) is 2. The van der Waals surface area contributed by atoms with Gasteiger partial charge < -0.3 is 14.7 Å². The second-order valence-corrected chi connectivity index (χ2v) is 6.71. The maximum Gasteiger partial charge on any atom is 0.272 e. The van der Waals surface area contributed by atoms with Crippen molar-refractivity contribution in [3.63, 3.8) is 0 Å². The van der Waals surface area contributed by atoms with Crippen LogP contribution in [-0.2, 0) is 0 Å². The van der Waals surface area contributed by atoms with Gasteiger partial charge in [-0.25, -0.2) is 0 Å². The summed E-state index contributed by atoms with van der Waals surface area (Å²) >= 11 is 0. The number of methoxy groups -OCH3 is 1. The van der Waals surface area contributed by atoms with Gasteiger partial charge >= 0.3 is 0 Å². The van der Waals surface area contributed by atoms with E-state index >= 15 is 0 Å². The summed E-state index contributed by atoms with van der Waals surface area (Å²) in [6.45, 7) is 4.16. The lowest BCUT2D eigenvalue weighted by molar-refractivity contribution is 0.000118. The van der Waals surface area contributed by atoms with Crippen LogP contribution in [0.3, 0.4) is 0 Å². The number of benzene rings is 1. The number of nitrogens with one attached hydrogen (secondary N) is 1. The normalized spacial score (nSPS) is 18.0. The van der Waals surface area contributed by atoms with Gasteiger partial charge in [0.1, 0.15) is 11.4 Å². The third kappa shape index (κ3) is 3.14. The molecule has 0 saturated carbocycles. The first-order chi connectivity index (χ1) is 11.4. The molecule has 3 rings (SSSR count). The van der Waals surface area contributed by atoms with Gasteiger partial charge in [-0.15, -0.1) is 0 Å². The first kappa shape index (κ1) is 16.5. The molecule has 0 bridgehead atoms. The van der Waals surface area contributed by atoms with Crippen molar-refractivity contribution >= 4 is 5.91 Å². The van der Waals surface area contributed by atoms with Crippen molar-refractivity contribution in [3.05, 3.63) is 36.0 Å². The number of aromatic nitrogens is 2. The van der Waals surface area contributed by atoms with Crippen LogP contribution in [0, 0.1) is 0 Å². The molecule has 128 valence electrons. The highest BCUT2D eigenvalue weighted by molar-refractivity contribution is 5.93. The molecule has 1 aliphatic rings. The van der Waals surface area contributed by atoms with E-state index in [0.29, 0.717) is 17.9 Å². The first-order valence-corrected chi connectivity index (χ1v) is 8.13. The molecule has 2 heterocycles. The van der Waals surface area contributed by atoms with E-state index in [2.05, 4.69) is 10.2 Å². The fourth-order valence-corrected chi connectivity index (χ4v) is 3.24. The lowest BCUT2D eigenvalue weighted by Crippen LogP contribution is -2.48. The van der Waals surface area contributed by atoms with Gasteiger partial charge in [0, 0.05) is 12.1 Å². The van der Waals surface area contributed by atoms with Gasteiger partial charge in [-0.2, -0.15) is 5.10 Å². The van der Waals surface area contributed by atoms with Gasteiger partial charge in [0.25, 0.3) is 5.91 Å². The maximum absolute atomic E-state index is 12.8. The largest absolute Gasteiger partial charge is 0.497 e. The molecule has 0 aliphatic carbocycles. The van der Waals surface area contributed by atoms with Crippen molar-refractivity contribution in [2.24, 2.45) is 0 Å². The number of ether oxygens (including phenoxy) is 1. The number of aromatic amines is 1. The Morgan fingerprint density at radius 3 is 2.71 bits per heavy atom. The molecule has 1 unspecified atom stereocenters. The van der Waals surface area contributed by atoms with Gasteiger partial charge in [-0.3, -0.25) is 9.89 Å². The molecule has 24 heavy (non-hydrogen) atoms. The highest BCUT2D eigenvalue weighted by Gasteiger charge is 2.39. The summed E-state index contributed by atoms with van der Waals surface area (Å²) in [7, 11) is 1.62. The smallest absolute Gasteiger partial charge is 0.272 e. The van der Waals surface area contributed by atoms with Crippen molar-refractivity contribution in [1.29, 1.82) is 0 Å². The van der Waals surface area contributed by atoms with E-state index in [9.17, 15) is 9.90 Å². The van der Waals surface area contributed by atoms with E-state index in [1.54, 1.807) is 31.9 Å². The Balaban J connectivity index is 1.80. The molecule has 6 nitrogen and oxygen atoms in total. The number of carbonyl (C=O) groups is 1. The van der Waals surface area contributed by atoms with Gasteiger partial charge in [-0.05, 0) is 57.0 Å².